The zero-order chi connectivity index (χ0) is 18.9. The molecular weight excluding hydrogens is 372 g/mol. The molecule has 1 unspecified atom stereocenters. The Bertz CT molecular complexity index is 926. The lowest BCUT2D eigenvalue weighted by Crippen LogP contribution is -2.31. The van der Waals surface area contributed by atoms with Crippen molar-refractivity contribution in [2.75, 3.05) is 13.6 Å². The Labute approximate surface area is 159 Å². The maximum Gasteiger partial charge on any atom is 0.255 e. The molecule has 0 saturated carbocycles. The Morgan fingerprint density at radius 1 is 1.19 bits per heavy atom. The zero-order valence-corrected chi connectivity index (χ0v) is 16.3. The fourth-order valence-electron chi connectivity index (χ4n) is 3.25. The molecular formula is C19H21ClN2O3S. The van der Waals surface area contributed by atoms with Gasteiger partial charge in [-0.3, -0.25) is 4.79 Å². The summed E-state index contributed by atoms with van der Waals surface area (Å²) in [7, 11) is -2.31. The van der Waals surface area contributed by atoms with E-state index in [-0.39, 0.29) is 27.4 Å². The van der Waals surface area contributed by atoms with E-state index in [4.69, 9.17) is 11.6 Å². The molecule has 2 aromatic rings. The summed E-state index contributed by atoms with van der Waals surface area (Å²) in [5, 5.41) is 0.250. The molecule has 1 saturated heterocycles. The molecule has 1 N–H and O–H groups in total. The maximum absolute atomic E-state index is 13.1. The molecule has 0 aromatic heterocycles. The van der Waals surface area contributed by atoms with Crippen LogP contribution >= 0.6 is 11.6 Å². The van der Waals surface area contributed by atoms with Crippen LogP contribution in [0.1, 0.15) is 40.4 Å². The van der Waals surface area contributed by atoms with Gasteiger partial charge >= 0.3 is 0 Å². The van der Waals surface area contributed by atoms with E-state index in [9.17, 15) is 13.2 Å². The van der Waals surface area contributed by atoms with Crippen LogP contribution in [0.25, 0.3) is 0 Å². The first-order chi connectivity index (χ1) is 12.3. The lowest BCUT2D eigenvalue weighted by molar-refractivity contribution is 0.0735. The van der Waals surface area contributed by atoms with Crippen LogP contribution in [0.3, 0.4) is 0 Å². The van der Waals surface area contributed by atoms with E-state index in [0.717, 1.165) is 24.0 Å². The number of likely N-dealkylation sites (tertiary alicyclic amines) is 1. The van der Waals surface area contributed by atoms with E-state index in [2.05, 4.69) is 4.72 Å². The Kier molecular flexibility index (Phi) is 5.37. The molecule has 1 aliphatic heterocycles. The van der Waals surface area contributed by atoms with Crippen molar-refractivity contribution in [3.8, 4) is 0 Å². The SMILES string of the molecule is CNS(=O)(=O)c1ccc(Cl)c(C(=O)N2CCCC2c2ccc(C)cc2)c1. The summed E-state index contributed by atoms with van der Waals surface area (Å²) in [4.78, 5) is 14.9. The Hall–Kier alpha value is -1.89. The van der Waals surface area contributed by atoms with E-state index < -0.39 is 10.0 Å². The first-order valence-electron chi connectivity index (χ1n) is 8.44. The van der Waals surface area contributed by atoms with Crippen molar-refractivity contribution in [2.45, 2.75) is 30.7 Å². The number of amides is 1. The highest BCUT2D eigenvalue weighted by atomic mass is 35.5. The van der Waals surface area contributed by atoms with Crippen LogP contribution in [0, 0.1) is 6.92 Å². The number of hydrogen-bond acceptors (Lipinski definition) is 3. The predicted octanol–water partition coefficient (Wildman–Crippen LogP) is 3.53. The third-order valence-corrected chi connectivity index (χ3v) is 6.46. The number of nitrogens with zero attached hydrogens (tertiary/aromatic N) is 1. The van der Waals surface area contributed by atoms with Crippen molar-refractivity contribution in [3.05, 3.63) is 64.2 Å². The van der Waals surface area contributed by atoms with Gasteiger partial charge in [0, 0.05) is 6.54 Å². The largest absolute Gasteiger partial charge is 0.332 e. The first-order valence-corrected chi connectivity index (χ1v) is 10.3. The number of sulfonamides is 1. The van der Waals surface area contributed by atoms with Gasteiger partial charge in [0.25, 0.3) is 5.91 Å². The maximum atomic E-state index is 13.1. The van der Waals surface area contributed by atoms with Gasteiger partial charge in [-0.1, -0.05) is 41.4 Å². The van der Waals surface area contributed by atoms with Crippen molar-refractivity contribution in [3.63, 3.8) is 0 Å². The second-order valence-electron chi connectivity index (χ2n) is 6.42. The van der Waals surface area contributed by atoms with E-state index in [1.165, 1.54) is 25.2 Å². The van der Waals surface area contributed by atoms with Crippen molar-refractivity contribution in [2.24, 2.45) is 0 Å². The van der Waals surface area contributed by atoms with Gasteiger partial charge in [0.2, 0.25) is 10.0 Å². The molecule has 7 heteroatoms. The third kappa shape index (κ3) is 3.63. The number of rotatable bonds is 4. The highest BCUT2D eigenvalue weighted by molar-refractivity contribution is 7.89. The summed E-state index contributed by atoms with van der Waals surface area (Å²) < 4.78 is 26.4. The molecule has 1 heterocycles. The second-order valence-corrected chi connectivity index (χ2v) is 8.71. The van der Waals surface area contributed by atoms with Crippen molar-refractivity contribution < 1.29 is 13.2 Å². The zero-order valence-electron chi connectivity index (χ0n) is 14.7. The van der Waals surface area contributed by atoms with E-state index in [1.54, 1.807) is 4.90 Å². The molecule has 0 spiro atoms. The average Bonchev–Trinajstić information content (AvgIpc) is 3.11. The van der Waals surface area contributed by atoms with Crippen LogP contribution in [-0.4, -0.2) is 32.8 Å². The number of benzene rings is 2. The van der Waals surface area contributed by atoms with Crippen LogP contribution in [0.4, 0.5) is 0 Å². The summed E-state index contributed by atoms with van der Waals surface area (Å²) >= 11 is 6.21. The monoisotopic (exact) mass is 392 g/mol. The molecule has 0 bridgehead atoms. The first kappa shape index (κ1) is 18.9. The second kappa shape index (κ2) is 7.39. The molecule has 0 aliphatic carbocycles. The molecule has 1 aliphatic rings. The van der Waals surface area contributed by atoms with Gasteiger partial charge in [-0.15, -0.1) is 0 Å². The van der Waals surface area contributed by atoms with Gasteiger partial charge in [0.1, 0.15) is 0 Å². The fourth-order valence-corrected chi connectivity index (χ4v) is 4.21. The molecule has 0 radical (unpaired) electrons. The van der Waals surface area contributed by atoms with Crippen LogP contribution in [-0.2, 0) is 10.0 Å². The number of carbonyl (C=O) groups is 1. The summed E-state index contributed by atoms with van der Waals surface area (Å²) in [5.74, 6) is -0.244. The number of carbonyl (C=O) groups excluding carboxylic acids is 1. The van der Waals surface area contributed by atoms with Gasteiger partial charge in [-0.05, 0) is 50.6 Å². The van der Waals surface area contributed by atoms with Crippen LogP contribution in [0.15, 0.2) is 47.4 Å². The Balaban J connectivity index is 1.95. The minimum Gasteiger partial charge on any atom is -0.332 e. The topological polar surface area (TPSA) is 66.5 Å². The summed E-state index contributed by atoms with van der Waals surface area (Å²) in [6.45, 7) is 2.64. The highest BCUT2D eigenvalue weighted by Gasteiger charge is 2.32. The predicted molar refractivity (Wildman–Crippen MR) is 102 cm³/mol. The van der Waals surface area contributed by atoms with Gasteiger partial charge < -0.3 is 4.90 Å². The lowest BCUT2D eigenvalue weighted by atomic mass is 10.0. The smallest absolute Gasteiger partial charge is 0.255 e. The average molecular weight is 393 g/mol. The van der Waals surface area contributed by atoms with Gasteiger partial charge in [-0.25, -0.2) is 13.1 Å². The molecule has 1 atom stereocenters. The highest BCUT2D eigenvalue weighted by Crippen LogP contribution is 2.34. The molecule has 1 fully saturated rings. The fraction of sp³-hybridized carbons (Fsp3) is 0.316. The molecule has 1 amide bonds. The number of hydrogen-bond donors (Lipinski definition) is 1. The molecule has 3 rings (SSSR count). The van der Waals surface area contributed by atoms with E-state index in [1.807, 2.05) is 31.2 Å². The van der Waals surface area contributed by atoms with E-state index in [0.29, 0.717) is 6.54 Å². The van der Waals surface area contributed by atoms with Crippen LogP contribution in [0.2, 0.25) is 5.02 Å². The molecule has 5 nitrogen and oxygen atoms in total. The van der Waals surface area contributed by atoms with Crippen molar-refractivity contribution in [1.82, 2.24) is 9.62 Å². The van der Waals surface area contributed by atoms with Crippen molar-refractivity contribution in [1.29, 1.82) is 0 Å². The minimum absolute atomic E-state index is 0.0243. The number of halogens is 1. The van der Waals surface area contributed by atoms with Crippen LogP contribution in [0.5, 0.6) is 0 Å². The number of nitrogens with one attached hydrogen (secondary N) is 1. The number of aryl methyl sites for hydroxylation is 1. The molecule has 138 valence electrons. The van der Waals surface area contributed by atoms with Gasteiger partial charge in [0.15, 0.2) is 0 Å². The van der Waals surface area contributed by atoms with Crippen molar-refractivity contribution >= 4 is 27.5 Å². The standard InChI is InChI=1S/C19H21ClN2O3S/c1-13-5-7-14(8-6-13)18-4-3-11-22(18)19(23)16-12-15(9-10-17(16)20)26(24,25)21-2/h5-10,12,18,21H,3-4,11H2,1-2H3. The summed E-state index contributed by atoms with van der Waals surface area (Å²) in [6, 6.07) is 12.3. The Morgan fingerprint density at radius 3 is 2.54 bits per heavy atom. The van der Waals surface area contributed by atoms with Gasteiger partial charge in [-0.2, -0.15) is 0 Å². The summed E-state index contributed by atoms with van der Waals surface area (Å²) in [5.41, 5.74) is 2.45. The van der Waals surface area contributed by atoms with E-state index >= 15 is 0 Å². The Morgan fingerprint density at radius 2 is 1.88 bits per heavy atom. The minimum atomic E-state index is -3.64. The van der Waals surface area contributed by atoms with Gasteiger partial charge in [0.05, 0.1) is 21.5 Å². The van der Waals surface area contributed by atoms with Crippen LogP contribution < -0.4 is 4.72 Å². The molecule has 26 heavy (non-hydrogen) atoms. The lowest BCUT2D eigenvalue weighted by Gasteiger charge is -2.26. The summed E-state index contributed by atoms with van der Waals surface area (Å²) in [6.07, 6.45) is 1.78. The third-order valence-electron chi connectivity index (χ3n) is 4.72. The quantitative estimate of drug-likeness (QED) is 0.865. The molecule has 2 aromatic carbocycles. The normalized spacial score (nSPS) is 17.5.